The van der Waals surface area contributed by atoms with Gasteiger partial charge in [-0.2, -0.15) is 15.0 Å². The standard InChI is InChI=1S/C18H23N7OS/c1-11-5-4-6-12(2)15(11)20-9-14-10-21-18(27-14)25-17-23-13(3)22-16(24-17)19-7-8-26/h4-6,10,20,26H,7-9H2,1-3H3,(H2,19,21,22,23,24,25). The van der Waals surface area contributed by atoms with Crippen molar-refractivity contribution < 1.29 is 5.11 Å². The predicted octanol–water partition coefficient (Wildman–Crippen LogP) is 3.01. The van der Waals surface area contributed by atoms with Gasteiger partial charge in [-0.05, 0) is 31.9 Å². The minimum atomic E-state index is 0.0106. The number of thiazole rings is 1. The maximum absolute atomic E-state index is 8.91. The van der Waals surface area contributed by atoms with Crippen LogP contribution in [-0.2, 0) is 6.54 Å². The van der Waals surface area contributed by atoms with Gasteiger partial charge in [-0.15, -0.1) is 0 Å². The predicted molar refractivity (Wildman–Crippen MR) is 109 cm³/mol. The number of hydrogen-bond donors (Lipinski definition) is 4. The highest BCUT2D eigenvalue weighted by atomic mass is 32.1. The van der Waals surface area contributed by atoms with E-state index in [9.17, 15) is 0 Å². The van der Waals surface area contributed by atoms with E-state index in [1.807, 2.05) is 6.20 Å². The fraction of sp³-hybridized carbons (Fsp3) is 0.333. The van der Waals surface area contributed by atoms with Crippen molar-refractivity contribution in [2.24, 2.45) is 0 Å². The van der Waals surface area contributed by atoms with Crippen LogP contribution in [0.2, 0.25) is 0 Å². The number of para-hydroxylation sites is 1. The molecule has 142 valence electrons. The van der Waals surface area contributed by atoms with Crippen molar-refractivity contribution in [1.82, 2.24) is 19.9 Å². The zero-order valence-electron chi connectivity index (χ0n) is 15.6. The number of nitrogens with one attached hydrogen (secondary N) is 3. The summed E-state index contributed by atoms with van der Waals surface area (Å²) in [4.78, 5) is 18.3. The third-order valence-corrected chi connectivity index (χ3v) is 4.75. The second-order valence-corrected chi connectivity index (χ2v) is 7.17. The molecule has 0 atom stereocenters. The lowest BCUT2D eigenvalue weighted by Crippen LogP contribution is -2.11. The van der Waals surface area contributed by atoms with E-state index >= 15 is 0 Å². The number of aliphatic hydroxyl groups is 1. The molecule has 2 aromatic heterocycles. The minimum absolute atomic E-state index is 0.0106. The molecule has 2 heterocycles. The van der Waals surface area contributed by atoms with E-state index < -0.39 is 0 Å². The summed E-state index contributed by atoms with van der Waals surface area (Å²) >= 11 is 1.54. The van der Waals surface area contributed by atoms with Crippen LogP contribution >= 0.6 is 11.3 Å². The lowest BCUT2D eigenvalue weighted by atomic mass is 10.1. The Balaban J connectivity index is 1.65. The Morgan fingerprint density at radius 3 is 2.48 bits per heavy atom. The van der Waals surface area contributed by atoms with Gasteiger partial charge in [0.2, 0.25) is 11.9 Å². The molecule has 0 bridgehead atoms. The SMILES string of the molecule is Cc1nc(NCCO)nc(Nc2ncc(CNc3c(C)cccc3C)s2)n1. The normalized spacial score (nSPS) is 10.7. The van der Waals surface area contributed by atoms with Crippen molar-refractivity contribution in [2.45, 2.75) is 27.3 Å². The first kappa shape index (κ1) is 19.0. The van der Waals surface area contributed by atoms with Gasteiger partial charge in [0.05, 0.1) is 13.2 Å². The van der Waals surface area contributed by atoms with Gasteiger partial charge >= 0.3 is 0 Å². The molecule has 0 fully saturated rings. The fourth-order valence-electron chi connectivity index (χ4n) is 2.60. The Morgan fingerprint density at radius 2 is 1.74 bits per heavy atom. The van der Waals surface area contributed by atoms with Crippen LogP contribution in [0.1, 0.15) is 21.8 Å². The van der Waals surface area contributed by atoms with Crippen molar-refractivity contribution >= 4 is 34.1 Å². The Morgan fingerprint density at radius 1 is 1.00 bits per heavy atom. The van der Waals surface area contributed by atoms with Crippen LogP contribution in [0.3, 0.4) is 0 Å². The molecular weight excluding hydrogens is 362 g/mol. The van der Waals surface area contributed by atoms with Gasteiger partial charge in [-0.1, -0.05) is 29.5 Å². The molecule has 4 N–H and O–H groups in total. The number of aliphatic hydroxyl groups excluding tert-OH is 1. The molecule has 3 aromatic rings. The highest BCUT2D eigenvalue weighted by Crippen LogP contribution is 2.24. The summed E-state index contributed by atoms with van der Waals surface area (Å²) in [5.41, 5.74) is 3.61. The Hall–Kier alpha value is -2.78. The molecule has 1 aromatic carbocycles. The maximum atomic E-state index is 8.91. The third-order valence-electron chi connectivity index (χ3n) is 3.83. The highest BCUT2D eigenvalue weighted by molar-refractivity contribution is 7.15. The molecule has 9 heteroatoms. The van der Waals surface area contributed by atoms with E-state index in [1.165, 1.54) is 11.1 Å². The second-order valence-electron chi connectivity index (χ2n) is 6.06. The largest absolute Gasteiger partial charge is 0.395 e. The van der Waals surface area contributed by atoms with E-state index in [2.05, 4.69) is 67.9 Å². The summed E-state index contributed by atoms with van der Waals surface area (Å²) in [6.07, 6.45) is 1.84. The fourth-order valence-corrected chi connectivity index (χ4v) is 3.34. The van der Waals surface area contributed by atoms with E-state index in [1.54, 1.807) is 18.3 Å². The number of aromatic nitrogens is 4. The van der Waals surface area contributed by atoms with Crippen molar-refractivity contribution in [1.29, 1.82) is 0 Å². The molecule has 0 aliphatic carbocycles. The molecular formula is C18H23N7OS. The molecule has 0 unspecified atom stereocenters. The van der Waals surface area contributed by atoms with Gasteiger partial charge in [0.25, 0.3) is 0 Å². The second kappa shape index (κ2) is 8.74. The van der Waals surface area contributed by atoms with Crippen molar-refractivity contribution in [3.8, 4) is 0 Å². The van der Waals surface area contributed by atoms with Crippen LogP contribution in [0.5, 0.6) is 0 Å². The number of rotatable bonds is 8. The van der Waals surface area contributed by atoms with Gasteiger partial charge < -0.3 is 15.7 Å². The Labute approximate surface area is 162 Å². The van der Waals surface area contributed by atoms with Crippen molar-refractivity contribution in [3.63, 3.8) is 0 Å². The highest BCUT2D eigenvalue weighted by Gasteiger charge is 2.08. The summed E-state index contributed by atoms with van der Waals surface area (Å²) in [6, 6.07) is 6.26. The lowest BCUT2D eigenvalue weighted by Gasteiger charge is -2.11. The van der Waals surface area contributed by atoms with E-state index in [4.69, 9.17) is 5.11 Å². The molecule has 0 aliphatic rings. The van der Waals surface area contributed by atoms with Gasteiger partial charge in [0.1, 0.15) is 5.82 Å². The van der Waals surface area contributed by atoms with Crippen LogP contribution in [0.15, 0.2) is 24.4 Å². The number of anilines is 4. The maximum Gasteiger partial charge on any atom is 0.234 e. The monoisotopic (exact) mass is 385 g/mol. The average Bonchev–Trinajstić information content (AvgIpc) is 3.06. The number of hydrogen-bond acceptors (Lipinski definition) is 9. The molecule has 3 rings (SSSR count). The minimum Gasteiger partial charge on any atom is -0.395 e. The van der Waals surface area contributed by atoms with Crippen LogP contribution in [0.4, 0.5) is 22.7 Å². The zero-order valence-corrected chi connectivity index (χ0v) is 16.4. The Bertz CT molecular complexity index is 892. The lowest BCUT2D eigenvalue weighted by molar-refractivity contribution is 0.310. The molecule has 27 heavy (non-hydrogen) atoms. The smallest absolute Gasteiger partial charge is 0.234 e. The first-order valence-electron chi connectivity index (χ1n) is 8.64. The quantitative estimate of drug-likeness (QED) is 0.469. The van der Waals surface area contributed by atoms with E-state index in [0.717, 1.165) is 10.6 Å². The molecule has 0 saturated carbocycles. The molecule has 0 radical (unpaired) electrons. The molecule has 0 aliphatic heterocycles. The average molecular weight is 385 g/mol. The Kier molecular flexibility index (Phi) is 6.15. The number of benzene rings is 1. The number of nitrogens with zero attached hydrogens (tertiary/aromatic N) is 4. The summed E-state index contributed by atoms with van der Waals surface area (Å²) in [6.45, 7) is 7.08. The molecule has 0 amide bonds. The summed E-state index contributed by atoms with van der Waals surface area (Å²) in [5, 5.41) is 19.2. The zero-order chi connectivity index (χ0) is 19.2. The van der Waals surface area contributed by atoms with Gasteiger partial charge in [-0.3, -0.25) is 5.32 Å². The summed E-state index contributed by atoms with van der Waals surface area (Å²) in [5.74, 6) is 1.43. The number of aryl methyl sites for hydroxylation is 3. The topological polar surface area (TPSA) is 108 Å². The van der Waals surface area contributed by atoms with Crippen LogP contribution < -0.4 is 16.0 Å². The van der Waals surface area contributed by atoms with Crippen molar-refractivity contribution in [3.05, 3.63) is 46.2 Å². The summed E-state index contributed by atoms with van der Waals surface area (Å²) < 4.78 is 0. The van der Waals surface area contributed by atoms with Gasteiger partial charge in [0, 0.05) is 23.3 Å². The van der Waals surface area contributed by atoms with Crippen LogP contribution in [0, 0.1) is 20.8 Å². The molecule has 0 spiro atoms. The van der Waals surface area contributed by atoms with E-state index in [0.29, 0.717) is 35.9 Å². The summed E-state index contributed by atoms with van der Waals surface area (Å²) in [7, 11) is 0. The van der Waals surface area contributed by atoms with Crippen LogP contribution in [-0.4, -0.2) is 38.2 Å². The van der Waals surface area contributed by atoms with Gasteiger partial charge in [0.15, 0.2) is 5.13 Å². The van der Waals surface area contributed by atoms with Gasteiger partial charge in [-0.25, -0.2) is 4.98 Å². The first-order chi connectivity index (χ1) is 13.0. The first-order valence-corrected chi connectivity index (χ1v) is 9.46. The molecule has 0 saturated heterocycles. The van der Waals surface area contributed by atoms with Crippen molar-refractivity contribution in [2.75, 3.05) is 29.1 Å². The third kappa shape index (κ3) is 5.11. The molecule has 8 nitrogen and oxygen atoms in total. The van der Waals surface area contributed by atoms with E-state index in [-0.39, 0.29) is 6.61 Å². The van der Waals surface area contributed by atoms with Crippen LogP contribution in [0.25, 0.3) is 0 Å².